The molecule has 0 aliphatic heterocycles. The van der Waals surface area contributed by atoms with Crippen LogP contribution in [-0.4, -0.2) is 34.2 Å². The molecule has 1 atom stereocenters. The second-order valence-corrected chi connectivity index (χ2v) is 8.71. The molecule has 40 heavy (non-hydrogen) atoms. The van der Waals surface area contributed by atoms with Gasteiger partial charge < -0.3 is 14.5 Å². The number of H-pyrrole nitrogens is 1. The molecule has 0 spiro atoms. The highest BCUT2D eigenvalue weighted by molar-refractivity contribution is 5.98. The van der Waals surface area contributed by atoms with Gasteiger partial charge in [-0.05, 0) is 17.7 Å². The molecule has 3 aromatic heterocycles. The largest absolute Gasteiger partial charge is 0.490 e. The van der Waals surface area contributed by atoms with Gasteiger partial charge >= 0.3 is 12.1 Å². The average molecular weight is 547 g/mol. The summed E-state index contributed by atoms with van der Waals surface area (Å²) in [6, 6.07) is 20.7. The number of esters is 1. The van der Waals surface area contributed by atoms with Crippen LogP contribution in [0.15, 0.2) is 90.0 Å². The molecule has 0 aliphatic carbocycles. The number of nitrogens with two attached hydrogens (primary N) is 1. The van der Waals surface area contributed by atoms with Crippen LogP contribution < -0.4 is 16.0 Å². The van der Waals surface area contributed by atoms with Crippen LogP contribution >= 0.6 is 0 Å². The highest BCUT2D eigenvalue weighted by atomic mass is 19.4. The second-order valence-electron chi connectivity index (χ2n) is 8.71. The third kappa shape index (κ3) is 5.27. The normalized spacial score (nSPS) is 12.2. The average Bonchev–Trinajstić information content (AvgIpc) is 2.97. The number of pyridine rings is 3. The SMILES string of the molecule is COc1ccc(-c2c[nH]c(=O)c3cc(-c4ccccc4)c(-c4ccc(C(N)OC(=O)C(F)(F)F)cc4)nc23)cn1. The molecule has 1 unspecified atom stereocenters. The summed E-state index contributed by atoms with van der Waals surface area (Å²) in [5.74, 6) is -1.95. The third-order valence-corrected chi connectivity index (χ3v) is 6.19. The van der Waals surface area contributed by atoms with E-state index >= 15 is 0 Å². The number of hydrogen-bond acceptors (Lipinski definition) is 7. The number of carbonyl (C=O) groups is 1. The summed E-state index contributed by atoms with van der Waals surface area (Å²) in [7, 11) is 1.51. The number of carbonyl (C=O) groups excluding carboxylic acids is 1. The van der Waals surface area contributed by atoms with Gasteiger partial charge in [0.25, 0.3) is 5.56 Å². The van der Waals surface area contributed by atoms with Crippen molar-refractivity contribution in [1.29, 1.82) is 0 Å². The quantitative estimate of drug-likeness (QED) is 0.216. The highest BCUT2D eigenvalue weighted by Crippen LogP contribution is 2.36. The van der Waals surface area contributed by atoms with Crippen molar-refractivity contribution in [2.24, 2.45) is 5.73 Å². The van der Waals surface area contributed by atoms with Crippen molar-refractivity contribution >= 4 is 16.9 Å². The maximum absolute atomic E-state index is 12.9. The number of nitrogens with one attached hydrogen (secondary N) is 1. The van der Waals surface area contributed by atoms with Crippen molar-refractivity contribution < 1.29 is 27.4 Å². The van der Waals surface area contributed by atoms with Crippen LogP contribution in [0, 0.1) is 0 Å². The molecule has 5 rings (SSSR count). The van der Waals surface area contributed by atoms with E-state index in [4.69, 9.17) is 15.5 Å². The lowest BCUT2D eigenvalue weighted by molar-refractivity contribution is -0.205. The van der Waals surface area contributed by atoms with Crippen LogP contribution in [-0.2, 0) is 9.53 Å². The van der Waals surface area contributed by atoms with E-state index in [1.54, 1.807) is 42.7 Å². The van der Waals surface area contributed by atoms with Crippen molar-refractivity contribution in [2.45, 2.75) is 12.4 Å². The van der Waals surface area contributed by atoms with Crippen LogP contribution in [0.4, 0.5) is 13.2 Å². The van der Waals surface area contributed by atoms with Gasteiger partial charge in [-0.2, -0.15) is 13.2 Å². The standard InChI is InChI=1S/C29H21F3N4O4/c1-39-23-12-11-19(14-34-23)22-15-35-27(37)21-13-20(16-5-3-2-4-6-16)24(36-25(21)22)17-7-9-18(10-8-17)26(33)40-28(38)29(30,31)32/h2-15,26H,33H2,1H3,(H,35,37). The number of hydrogen-bond donors (Lipinski definition) is 2. The molecule has 0 radical (unpaired) electrons. The number of methoxy groups -OCH3 is 1. The summed E-state index contributed by atoms with van der Waals surface area (Å²) in [5, 5.41) is 0.355. The molecule has 2 aromatic carbocycles. The van der Waals surface area contributed by atoms with Gasteiger partial charge in [0.2, 0.25) is 5.88 Å². The Bertz CT molecular complexity index is 1740. The lowest BCUT2D eigenvalue weighted by atomic mass is 9.96. The van der Waals surface area contributed by atoms with Gasteiger partial charge in [-0.25, -0.2) is 14.8 Å². The van der Waals surface area contributed by atoms with E-state index in [1.807, 2.05) is 30.3 Å². The van der Waals surface area contributed by atoms with Gasteiger partial charge in [-0.15, -0.1) is 0 Å². The number of nitrogens with zero attached hydrogens (tertiary/aromatic N) is 2. The van der Waals surface area contributed by atoms with Crippen molar-refractivity contribution in [3.63, 3.8) is 0 Å². The lowest BCUT2D eigenvalue weighted by Gasteiger charge is -2.16. The number of rotatable bonds is 6. The van der Waals surface area contributed by atoms with E-state index in [-0.39, 0.29) is 11.1 Å². The van der Waals surface area contributed by atoms with E-state index in [0.717, 1.165) is 5.56 Å². The van der Waals surface area contributed by atoms with E-state index in [9.17, 15) is 22.8 Å². The van der Waals surface area contributed by atoms with Crippen molar-refractivity contribution in [2.75, 3.05) is 7.11 Å². The fourth-order valence-electron chi connectivity index (χ4n) is 4.19. The first kappa shape index (κ1) is 26.6. The lowest BCUT2D eigenvalue weighted by Crippen LogP contribution is -2.29. The van der Waals surface area contributed by atoms with Gasteiger partial charge in [0.05, 0.1) is 23.7 Å². The first-order valence-corrected chi connectivity index (χ1v) is 11.9. The fourth-order valence-corrected chi connectivity index (χ4v) is 4.19. The van der Waals surface area contributed by atoms with Crippen LogP contribution in [0.2, 0.25) is 0 Å². The molecule has 3 N–H and O–H groups in total. The molecular weight excluding hydrogens is 525 g/mol. The number of benzene rings is 2. The zero-order chi connectivity index (χ0) is 28.4. The minimum Gasteiger partial charge on any atom is -0.481 e. The van der Waals surface area contributed by atoms with Gasteiger partial charge in [-0.3, -0.25) is 10.5 Å². The number of fused-ring (bicyclic) bond motifs is 1. The Labute approximate surface area is 225 Å². The maximum Gasteiger partial charge on any atom is 0.490 e. The number of halogens is 3. The molecule has 0 fully saturated rings. The minimum absolute atomic E-state index is 0.157. The third-order valence-electron chi connectivity index (χ3n) is 6.19. The van der Waals surface area contributed by atoms with Crippen LogP contribution in [0.3, 0.4) is 0 Å². The minimum atomic E-state index is -5.16. The Morgan fingerprint density at radius 3 is 2.27 bits per heavy atom. The number of alkyl halides is 3. The van der Waals surface area contributed by atoms with Gasteiger partial charge in [-0.1, -0.05) is 54.6 Å². The summed E-state index contributed by atoms with van der Waals surface area (Å²) in [4.78, 5) is 36.0. The van der Waals surface area contributed by atoms with E-state index in [1.165, 1.54) is 19.2 Å². The van der Waals surface area contributed by atoms with Crippen LogP contribution in [0.1, 0.15) is 11.8 Å². The number of aromatic amines is 1. The predicted molar refractivity (Wildman–Crippen MR) is 142 cm³/mol. The molecule has 3 heterocycles. The van der Waals surface area contributed by atoms with E-state index < -0.39 is 18.4 Å². The molecule has 0 bridgehead atoms. The number of ether oxygens (including phenoxy) is 2. The summed E-state index contributed by atoms with van der Waals surface area (Å²) < 4.78 is 47.3. The van der Waals surface area contributed by atoms with Crippen LogP contribution in [0.5, 0.6) is 5.88 Å². The van der Waals surface area contributed by atoms with Crippen molar-refractivity contribution in [3.05, 3.63) is 101 Å². The van der Waals surface area contributed by atoms with E-state index in [2.05, 4.69) is 14.7 Å². The molecule has 11 heteroatoms. The van der Waals surface area contributed by atoms with Gasteiger partial charge in [0, 0.05) is 46.3 Å². The Kier molecular flexibility index (Phi) is 7.05. The number of aromatic nitrogens is 3. The van der Waals surface area contributed by atoms with Gasteiger partial charge in [0.1, 0.15) is 0 Å². The zero-order valence-corrected chi connectivity index (χ0v) is 20.9. The Hall–Kier alpha value is -5.03. The predicted octanol–water partition coefficient (Wildman–Crippen LogP) is 5.39. The molecular formula is C29H21F3N4O4. The molecule has 5 aromatic rings. The van der Waals surface area contributed by atoms with Crippen molar-refractivity contribution in [1.82, 2.24) is 15.0 Å². The highest BCUT2D eigenvalue weighted by Gasteiger charge is 2.42. The summed E-state index contributed by atoms with van der Waals surface area (Å²) in [6.45, 7) is 0. The first-order valence-electron chi connectivity index (χ1n) is 11.9. The van der Waals surface area contributed by atoms with Gasteiger partial charge in [0.15, 0.2) is 6.23 Å². The monoisotopic (exact) mass is 546 g/mol. The maximum atomic E-state index is 12.9. The molecule has 8 nitrogen and oxygen atoms in total. The van der Waals surface area contributed by atoms with E-state index in [0.29, 0.717) is 44.7 Å². The fraction of sp³-hybridized carbons (Fsp3) is 0.103. The molecule has 0 saturated carbocycles. The molecule has 0 saturated heterocycles. The second kappa shape index (κ2) is 10.6. The van der Waals surface area contributed by atoms with Crippen LogP contribution in [0.25, 0.3) is 44.4 Å². The molecule has 202 valence electrons. The summed E-state index contributed by atoms with van der Waals surface area (Å²) in [5.41, 5.74) is 9.82. The Morgan fingerprint density at radius 2 is 1.65 bits per heavy atom. The topological polar surface area (TPSA) is 120 Å². The zero-order valence-electron chi connectivity index (χ0n) is 20.9. The summed E-state index contributed by atoms with van der Waals surface area (Å²) in [6.07, 6.45) is -3.61. The van der Waals surface area contributed by atoms with Crippen molar-refractivity contribution in [3.8, 4) is 39.4 Å². The first-order chi connectivity index (χ1) is 19.2. The molecule has 0 aliphatic rings. The smallest absolute Gasteiger partial charge is 0.481 e. The Morgan fingerprint density at radius 1 is 0.950 bits per heavy atom. The Balaban J connectivity index is 1.65. The molecule has 0 amide bonds. The summed E-state index contributed by atoms with van der Waals surface area (Å²) >= 11 is 0.